The zero-order chi connectivity index (χ0) is 15.0. The molecular weight excluding hydrogens is 276 g/mol. The summed E-state index contributed by atoms with van der Waals surface area (Å²) in [6.07, 6.45) is 2.64. The van der Waals surface area contributed by atoms with E-state index in [4.69, 9.17) is 18.9 Å². The molecule has 0 bridgehead atoms. The van der Waals surface area contributed by atoms with Crippen molar-refractivity contribution in [3.05, 3.63) is 11.6 Å². The van der Waals surface area contributed by atoms with Crippen molar-refractivity contribution in [3.8, 4) is 0 Å². The molecule has 0 aromatic rings. The van der Waals surface area contributed by atoms with Gasteiger partial charge in [0.15, 0.2) is 6.29 Å². The summed E-state index contributed by atoms with van der Waals surface area (Å²) in [6, 6.07) is 0. The maximum absolute atomic E-state index is 12.2. The standard InChI is InChI=1S/C15H20O6/c1-3-19-14(16)9-5-4-8-6-11(18-2)21-10-7-20-15(17)13(9)12(8)10/h4,9-13H,3,5-7H2,1-2H3/t9-,10-,11+,12-,13+/m1/s1. The Bertz CT molecular complexity index is 471. The van der Waals surface area contributed by atoms with Crippen molar-refractivity contribution in [1.29, 1.82) is 0 Å². The van der Waals surface area contributed by atoms with E-state index in [2.05, 4.69) is 0 Å². The number of carbonyl (C=O) groups excluding carboxylic acids is 2. The molecule has 2 heterocycles. The van der Waals surface area contributed by atoms with E-state index in [-0.39, 0.29) is 36.9 Å². The van der Waals surface area contributed by atoms with Crippen molar-refractivity contribution >= 4 is 11.9 Å². The Morgan fingerprint density at radius 2 is 2.24 bits per heavy atom. The van der Waals surface area contributed by atoms with Gasteiger partial charge in [0, 0.05) is 19.4 Å². The summed E-state index contributed by atoms with van der Waals surface area (Å²) < 4.78 is 21.4. The molecule has 0 aromatic heterocycles. The lowest BCUT2D eigenvalue weighted by Gasteiger charge is -2.47. The fourth-order valence-electron chi connectivity index (χ4n) is 3.60. The monoisotopic (exact) mass is 296 g/mol. The Morgan fingerprint density at radius 1 is 1.43 bits per heavy atom. The number of hydrogen-bond acceptors (Lipinski definition) is 6. The zero-order valence-corrected chi connectivity index (χ0v) is 12.2. The topological polar surface area (TPSA) is 71.1 Å². The third-order valence-electron chi connectivity index (χ3n) is 4.53. The van der Waals surface area contributed by atoms with Crippen LogP contribution in [-0.4, -0.2) is 44.7 Å². The summed E-state index contributed by atoms with van der Waals surface area (Å²) in [6.45, 7) is 2.29. The molecule has 0 unspecified atom stereocenters. The first-order chi connectivity index (χ1) is 10.2. The Kier molecular flexibility index (Phi) is 3.99. The molecule has 6 heteroatoms. The van der Waals surface area contributed by atoms with Crippen molar-refractivity contribution in [2.24, 2.45) is 17.8 Å². The van der Waals surface area contributed by atoms with Crippen molar-refractivity contribution in [1.82, 2.24) is 0 Å². The molecule has 6 nitrogen and oxygen atoms in total. The largest absolute Gasteiger partial charge is 0.466 e. The molecule has 5 atom stereocenters. The van der Waals surface area contributed by atoms with Gasteiger partial charge in [0.05, 0.1) is 18.4 Å². The van der Waals surface area contributed by atoms with E-state index < -0.39 is 11.8 Å². The van der Waals surface area contributed by atoms with Crippen molar-refractivity contribution < 1.29 is 28.5 Å². The minimum Gasteiger partial charge on any atom is -0.466 e. The Balaban J connectivity index is 1.89. The molecule has 3 aliphatic rings. The number of hydrogen-bond donors (Lipinski definition) is 0. The summed E-state index contributed by atoms with van der Waals surface area (Å²) in [7, 11) is 1.60. The van der Waals surface area contributed by atoms with Crippen LogP contribution in [-0.2, 0) is 28.5 Å². The third kappa shape index (κ3) is 2.46. The molecule has 1 aliphatic carbocycles. The highest BCUT2D eigenvalue weighted by Crippen LogP contribution is 2.46. The highest BCUT2D eigenvalue weighted by molar-refractivity contribution is 5.84. The van der Waals surface area contributed by atoms with Gasteiger partial charge in [-0.3, -0.25) is 9.59 Å². The molecular formula is C15H20O6. The van der Waals surface area contributed by atoms with E-state index in [1.54, 1.807) is 14.0 Å². The van der Waals surface area contributed by atoms with Crippen LogP contribution < -0.4 is 0 Å². The van der Waals surface area contributed by atoms with Crippen LogP contribution in [0.2, 0.25) is 0 Å². The predicted octanol–water partition coefficient (Wildman–Crippen LogP) is 1.05. The second-order valence-electron chi connectivity index (χ2n) is 5.60. The molecule has 0 saturated carbocycles. The number of carbonyl (C=O) groups is 2. The van der Waals surface area contributed by atoms with Gasteiger partial charge in [-0.25, -0.2) is 0 Å². The summed E-state index contributed by atoms with van der Waals surface area (Å²) in [5.74, 6) is -1.72. The van der Waals surface area contributed by atoms with E-state index in [1.165, 1.54) is 0 Å². The van der Waals surface area contributed by atoms with Gasteiger partial charge in [-0.05, 0) is 13.3 Å². The molecule has 21 heavy (non-hydrogen) atoms. The summed E-state index contributed by atoms with van der Waals surface area (Å²) >= 11 is 0. The van der Waals surface area contributed by atoms with Crippen LogP contribution in [0.3, 0.4) is 0 Å². The van der Waals surface area contributed by atoms with Crippen LogP contribution >= 0.6 is 0 Å². The van der Waals surface area contributed by atoms with Gasteiger partial charge < -0.3 is 18.9 Å². The first-order valence-electron chi connectivity index (χ1n) is 7.36. The number of esters is 2. The first-order valence-corrected chi connectivity index (χ1v) is 7.36. The number of methoxy groups -OCH3 is 1. The van der Waals surface area contributed by atoms with Gasteiger partial charge in [-0.2, -0.15) is 0 Å². The first kappa shape index (κ1) is 14.5. The van der Waals surface area contributed by atoms with Gasteiger partial charge in [-0.15, -0.1) is 0 Å². The average molecular weight is 296 g/mol. The lowest BCUT2D eigenvalue weighted by molar-refractivity contribution is -0.225. The molecule has 2 aliphatic heterocycles. The lowest BCUT2D eigenvalue weighted by atomic mass is 9.67. The Labute approximate surface area is 123 Å². The van der Waals surface area contributed by atoms with Crippen LogP contribution in [0.1, 0.15) is 19.8 Å². The van der Waals surface area contributed by atoms with E-state index in [0.717, 1.165) is 5.57 Å². The Morgan fingerprint density at radius 3 is 2.95 bits per heavy atom. The lowest BCUT2D eigenvalue weighted by Crippen LogP contribution is -2.54. The van der Waals surface area contributed by atoms with Crippen LogP contribution in [0.25, 0.3) is 0 Å². The van der Waals surface area contributed by atoms with E-state index in [9.17, 15) is 9.59 Å². The summed E-state index contributed by atoms with van der Waals surface area (Å²) in [5, 5.41) is 0. The van der Waals surface area contributed by atoms with Gasteiger partial charge >= 0.3 is 11.9 Å². The molecule has 2 fully saturated rings. The van der Waals surface area contributed by atoms with Crippen molar-refractivity contribution in [3.63, 3.8) is 0 Å². The molecule has 0 aromatic carbocycles. The molecule has 0 N–H and O–H groups in total. The Hall–Kier alpha value is -1.40. The molecule has 0 spiro atoms. The molecule has 2 saturated heterocycles. The highest BCUT2D eigenvalue weighted by atomic mass is 16.7. The van der Waals surface area contributed by atoms with Crippen LogP contribution in [0.15, 0.2) is 11.6 Å². The van der Waals surface area contributed by atoms with Gasteiger partial charge in [0.25, 0.3) is 0 Å². The SMILES string of the molecule is CCOC(=O)[C@@H]1CC=C2C[C@@H](OC)O[C@@H]3COC(=O)[C@@H]1[C@H]23. The molecule has 0 amide bonds. The number of rotatable bonds is 3. The molecule has 116 valence electrons. The van der Waals surface area contributed by atoms with Crippen LogP contribution in [0.4, 0.5) is 0 Å². The fraction of sp³-hybridized carbons (Fsp3) is 0.733. The van der Waals surface area contributed by atoms with Crippen LogP contribution in [0, 0.1) is 17.8 Å². The average Bonchev–Trinajstić information content (AvgIpc) is 2.50. The second kappa shape index (κ2) is 5.77. The normalized spacial score (nSPS) is 38.1. The van der Waals surface area contributed by atoms with Crippen molar-refractivity contribution in [2.75, 3.05) is 20.3 Å². The number of allylic oxidation sites excluding steroid dienone is 1. The summed E-state index contributed by atoms with van der Waals surface area (Å²) in [4.78, 5) is 24.3. The minimum absolute atomic E-state index is 0.0965. The number of ether oxygens (including phenoxy) is 4. The highest BCUT2D eigenvalue weighted by Gasteiger charge is 2.53. The van der Waals surface area contributed by atoms with Gasteiger partial charge in [0.1, 0.15) is 12.7 Å². The minimum atomic E-state index is -0.499. The second-order valence-corrected chi connectivity index (χ2v) is 5.60. The van der Waals surface area contributed by atoms with E-state index >= 15 is 0 Å². The third-order valence-corrected chi connectivity index (χ3v) is 4.53. The maximum Gasteiger partial charge on any atom is 0.310 e. The number of cyclic esters (lactones) is 1. The zero-order valence-electron chi connectivity index (χ0n) is 12.2. The maximum atomic E-state index is 12.2. The van der Waals surface area contributed by atoms with Gasteiger partial charge in [0.2, 0.25) is 0 Å². The van der Waals surface area contributed by atoms with E-state index in [1.807, 2.05) is 6.08 Å². The molecule has 0 radical (unpaired) electrons. The smallest absolute Gasteiger partial charge is 0.310 e. The fourth-order valence-corrected chi connectivity index (χ4v) is 3.60. The quantitative estimate of drug-likeness (QED) is 0.572. The molecule has 3 rings (SSSR count). The summed E-state index contributed by atoms with van der Waals surface area (Å²) in [5.41, 5.74) is 1.14. The van der Waals surface area contributed by atoms with Gasteiger partial charge in [-0.1, -0.05) is 11.6 Å². The van der Waals surface area contributed by atoms with Crippen LogP contribution in [0.5, 0.6) is 0 Å². The van der Waals surface area contributed by atoms with Crippen molar-refractivity contribution in [2.45, 2.75) is 32.2 Å². The predicted molar refractivity (Wildman–Crippen MR) is 71.0 cm³/mol. The van der Waals surface area contributed by atoms with E-state index in [0.29, 0.717) is 19.4 Å².